The lowest BCUT2D eigenvalue weighted by molar-refractivity contribution is 0.0826. The van der Waals surface area contributed by atoms with Gasteiger partial charge in [0, 0.05) is 42.5 Å². The number of nitrogens with zero attached hydrogens (tertiary/aromatic N) is 1. The topological polar surface area (TPSA) is 73.5 Å². The number of hydrogen-bond acceptors (Lipinski definition) is 3. The molecule has 1 fully saturated rings. The molecule has 0 spiro atoms. The van der Waals surface area contributed by atoms with Crippen LogP contribution in [-0.4, -0.2) is 41.5 Å². The molecule has 2 aromatic carbocycles. The van der Waals surface area contributed by atoms with Crippen LogP contribution in [0, 0.1) is 0 Å². The maximum Gasteiger partial charge on any atom is 0.319 e. The highest BCUT2D eigenvalue weighted by Crippen LogP contribution is 2.25. The molecule has 158 valence electrons. The summed E-state index contributed by atoms with van der Waals surface area (Å²) >= 11 is 0. The zero-order valence-corrected chi connectivity index (χ0v) is 17.7. The third-order valence-electron chi connectivity index (χ3n) is 5.99. The number of carbonyl (C=O) groups is 2. The fourth-order valence-electron chi connectivity index (χ4n) is 3.81. The standard InChI is InChI=1S/C24H30N4O2/c1-24(2,28-14-13-17-5-3-4-6-19(17)15-28)16-25-22(29)18-7-9-20(10-8-18)26-23(30)27-21-11-12-21/h3-10,21H,11-16H2,1-2H3,(H,25,29)(H2,26,27,30). The average Bonchev–Trinajstić information content (AvgIpc) is 3.56. The van der Waals surface area contributed by atoms with Crippen molar-refractivity contribution in [3.05, 3.63) is 65.2 Å². The molecule has 4 rings (SSSR count). The van der Waals surface area contributed by atoms with E-state index in [0.29, 0.717) is 23.8 Å². The average molecular weight is 407 g/mol. The summed E-state index contributed by atoms with van der Waals surface area (Å²) in [5.74, 6) is -0.102. The predicted molar refractivity (Wildman–Crippen MR) is 119 cm³/mol. The van der Waals surface area contributed by atoms with Gasteiger partial charge in [0.2, 0.25) is 0 Å². The van der Waals surface area contributed by atoms with E-state index in [4.69, 9.17) is 0 Å². The lowest BCUT2D eigenvalue weighted by Crippen LogP contribution is -2.53. The molecule has 6 nitrogen and oxygen atoms in total. The van der Waals surface area contributed by atoms with Gasteiger partial charge >= 0.3 is 6.03 Å². The van der Waals surface area contributed by atoms with Gasteiger partial charge in [-0.1, -0.05) is 24.3 Å². The zero-order valence-electron chi connectivity index (χ0n) is 17.7. The highest BCUT2D eigenvalue weighted by molar-refractivity contribution is 5.95. The van der Waals surface area contributed by atoms with Crippen molar-refractivity contribution in [2.45, 2.75) is 51.2 Å². The van der Waals surface area contributed by atoms with Gasteiger partial charge in [0.25, 0.3) is 5.91 Å². The van der Waals surface area contributed by atoms with E-state index in [0.717, 1.165) is 32.4 Å². The molecule has 1 aliphatic heterocycles. The minimum atomic E-state index is -0.195. The summed E-state index contributed by atoms with van der Waals surface area (Å²) < 4.78 is 0. The van der Waals surface area contributed by atoms with E-state index in [-0.39, 0.29) is 17.5 Å². The van der Waals surface area contributed by atoms with Crippen molar-refractivity contribution in [2.75, 3.05) is 18.4 Å². The maximum atomic E-state index is 12.6. The minimum Gasteiger partial charge on any atom is -0.350 e. The Kier molecular flexibility index (Phi) is 5.77. The van der Waals surface area contributed by atoms with Crippen LogP contribution in [0.4, 0.5) is 10.5 Å². The van der Waals surface area contributed by atoms with Crippen molar-refractivity contribution in [2.24, 2.45) is 0 Å². The van der Waals surface area contributed by atoms with Gasteiger partial charge in [-0.15, -0.1) is 0 Å². The van der Waals surface area contributed by atoms with Gasteiger partial charge in [0.05, 0.1) is 0 Å². The zero-order chi connectivity index (χ0) is 21.1. The summed E-state index contributed by atoms with van der Waals surface area (Å²) in [4.78, 5) is 26.9. The summed E-state index contributed by atoms with van der Waals surface area (Å²) in [7, 11) is 0. The molecule has 6 heteroatoms. The van der Waals surface area contributed by atoms with E-state index in [1.54, 1.807) is 24.3 Å². The van der Waals surface area contributed by atoms with Gasteiger partial charge in [-0.2, -0.15) is 0 Å². The van der Waals surface area contributed by atoms with Gasteiger partial charge in [0.1, 0.15) is 0 Å². The van der Waals surface area contributed by atoms with E-state index in [2.05, 4.69) is 59.0 Å². The Morgan fingerprint density at radius 1 is 1.03 bits per heavy atom. The van der Waals surface area contributed by atoms with Crippen molar-refractivity contribution in [3.8, 4) is 0 Å². The SMILES string of the molecule is CC(C)(CNC(=O)c1ccc(NC(=O)NC2CC2)cc1)N1CCc2ccccc2C1. The van der Waals surface area contributed by atoms with Crippen LogP contribution in [0.3, 0.4) is 0 Å². The van der Waals surface area contributed by atoms with Crippen molar-refractivity contribution < 1.29 is 9.59 Å². The number of carbonyl (C=O) groups excluding carboxylic acids is 2. The second-order valence-corrected chi connectivity index (χ2v) is 8.89. The van der Waals surface area contributed by atoms with E-state index in [1.807, 2.05) is 0 Å². The van der Waals surface area contributed by atoms with E-state index >= 15 is 0 Å². The normalized spacial score (nSPS) is 16.5. The van der Waals surface area contributed by atoms with Crippen LogP contribution >= 0.6 is 0 Å². The molecule has 1 heterocycles. The van der Waals surface area contributed by atoms with Crippen LogP contribution in [0.2, 0.25) is 0 Å². The first-order chi connectivity index (χ1) is 14.4. The second-order valence-electron chi connectivity index (χ2n) is 8.89. The molecule has 0 aromatic heterocycles. The number of nitrogens with one attached hydrogen (secondary N) is 3. The number of anilines is 1. The van der Waals surface area contributed by atoms with Crippen LogP contribution < -0.4 is 16.0 Å². The quantitative estimate of drug-likeness (QED) is 0.687. The fraction of sp³-hybridized carbons (Fsp3) is 0.417. The smallest absolute Gasteiger partial charge is 0.319 e. The first kappa shape index (κ1) is 20.4. The number of rotatable bonds is 6. The highest BCUT2D eigenvalue weighted by Gasteiger charge is 2.30. The summed E-state index contributed by atoms with van der Waals surface area (Å²) in [5.41, 5.74) is 3.91. The predicted octanol–water partition coefficient (Wildman–Crippen LogP) is 3.54. The van der Waals surface area contributed by atoms with Crippen LogP contribution in [0.1, 0.15) is 48.2 Å². The second kappa shape index (κ2) is 8.48. The van der Waals surface area contributed by atoms with Crippen molar-refractivity contribution in [1.29, 1.82) is 0 Å². The van der Waals surface area contributed by atoms with Gasteiger partial charge in [-0.3, -0.25) is 9.69 Å². The summed E-state index contributed by atoms with van der Waals surface area (Å²) in [5, 5.41) is 8.75. The monoisotopic (exact) mass is 406 g/mol. The number of amides is 3. The number of benzene rings is 2. The number of fused-ring (bicyclic) bond motifs is 1. The van der Waals surface area contributed by atoms with E-state index in [9.17, 15) is 9.59 Å². The van der Waals surface area contributed by atoms with Crippen LogP contribution in [0.5, 0.6) is 0 Å². The van der Waals surface area contributed by atoms with Crippen LogP contribution in [-0.2, 0) is 13.0 Å². The fourth-order valence-corrected chi connectivity index (χ4v) is 3.81. The van der Waals surface area contributed by atoms with E-state index in [1.165, 1.54) is 11.1 Å². The lowest BCUT2D eigenvalue weighted by atomic mass is 9.94. The first-order valence-electron chi connectivity index (χ1n) is 10.7. The molecule has 0 bridgehead atoms. The molecule has 3 amide bonds. The largest absolute Gasteiger partial charge is 0.350 e. The summed E-state index contributed by atoms with van der Waals surface area (Å²) in [6, 6.07) is 15.7. The molecular weight excluding hydrogens is 376 g/mol. The Morgan fingerprint density at radius 3 is 2.43 bits per heavy atom. The first-order valence-corrected chi connectivity index (χ1v) is 10.7. The Hall–Kier alpha value is -2.86. The van der Waals surface area contributed by atoms with Crippen LogP contribution in [0.25, 0.3) is 0 Å². The Bertz CT molecular complexity index is 919. The molecule has 0 unspecified atom stereocenters. The number of hydrogen-bond donors (Lipinski definition) is 3. The molecule has 30 heavy (non-hydrogen) atoms. The Balaban J connectivity index is 1.29. The van der Waals surface area contributed by atoms with Gasteiger partial charge in [-0.25, -0.2) is 4.79 Å². The van der Waals surface area contributed by atoms with Crippen molar-refractivity contribution in [3.63, 3.8) is 0 Å². The molecule has 1 saturated carbocycles. The Labute approximate surface area is 178 Å². The van der Waals surface area contributed by atoms with Crippen molar-refractivity contribution >= 4 is 17.6 Å². The molecule has 0 radical (unpaired) electrons. The lowest BCUT2D eigenvalue weighted by Gasteiger charge is -2.41. The van der Waals surface area contributed by atoms with Gasteiger partial charge < -0.3 is 16.0 Å². The van der Waals surface area contributed by atoms with Crippen LogP contribution in [0.15, 0.2) is 48.5 Å². The Morgan fingerprint density at radius 2 is 1.73 bits per heavy atom. The molecule has 2 aliphatic rings. The van der Waals surface area contributed by atoms with E-state index < -0.39 is 0 Å². The molecule has 0 atom stereocenters. The minimum absolute atomic E-state index is 0.102. The summed E-state index contributed by atoms with van der Waals surface area (Å²) in [6.07, 6.45) is 3.13. The third kappa shape index (κ3) is 5.00. The third-order valence-corrected chi connectivity index (χ3v) is 5.99. The van der Waals surface area contributed by atoms with Crippen molar-refractivity contribution in [1.82, 2.24) is 15.5 Å². The highest BCUT2D eigenvalue weighted by atomic mass is 16.2. The van der Waals surface area contributed by atoms with Gasteiger partial charge in [0.15, 0.2) is 0 Å². The number of urea groups is 1. The maximum absolute atomic E-state index is 12.6. The molecule has 1 aliphatic carbocycles. The van der Waals surface area contributed by atoms with Gasteiger partial charge in [-0.05, 0) is 68.5 Å². The molecule has 3 N–H and O–H groups in total. The molecule has 0 saturated heterocycles. The molecular formula is C24H30N4O2. The summed E-state index contributed by atoms with van der Waals surface area (Å²) in [6.45, 7) is 6.81. The molecule has 2 aromatic rings.